The first kappa shape index (κ1) is 15.3. The normalized spacial score (nSPS) is 31.3. The zero-order valence-corrected chi connectivity index (χ0v) is 13.1. The van der Waals surface area contributed by atoms with Crippen molar-refractivity contribution in [1.29, 1.82) is 0 Å². The van der Waals surface area contributed by atoms with Gasteiger partial charge in [0.15, 0.2) is 0 Å². The van der Waals surface area contributed by atoms with Crippen LogP contribution in [-0.4, -0.2) is 24.2 Å². The minimum absolute atomic E-state index is 0.706. The molecule has 2 saturated carbocycles. The van der Waals surface area contributed by atoms with Crippen molar-refractivity contribution in [3.8, 4) is 0 Å². The fourth-order valence-electron chi connectivity index (χ4n) is 3.95. The molecule has 0 aromatic carbocycles. The van der Waals surface area contributed by atoms with Gasteiger partial charge in [-0.3, -0.25) is 0 Å². The highest BCUT2D eigenvalue weighted by atomic mass is 15.0. The van der Waals surface area contributed by atoms with Crippen molar-refractivity contribution in [2.75, 3.05) is 0 Å². The van der Waals surface area contributed by atoms with E-state index < -0.39 is 0 Å². The Labute approximate surface area is 120 Å². The second kappa shape index (κ2) is 8.26. The van der Waals surface area contributed by atoms with Crippen molar-refractivity contribution in [2.24, 2.45) is 0 Å². The van der Waals surface area contributed by atoms with Gasteiger partial charge in [0.1, 0.15) is 0 Å². The second-order valence-electron chi connectivity index (χ2n) is 6.91. The third kappa shape index (κ3) is 5.43. The van der Waals surface area contributed by atoms with E-state index in [2.05, 4.69) is 24.5 Å². The summed E-state index contributed by atoms with van der Waals surface area (Å²) >= 11 is 0. The summed E-state index contributed by atoms with van der Waals surface area (Å²) in [4.78, 5) is 0. The first-order chi connectivity index (χ1) is 9.28. The summed E-state index contributed by atoms with van der Waals surface area (Å²) in [6.07, 6.45) is 15.3. The van der Waals surface area contributed by atoms with E-state index in [1.165, 1.54) is 70.6 Å². The Bertz CT molecular complexity index is 227. The predicted molar refractivity (Wildman–Crippen MR) is 83.6 cm³/mol. The molecule has 0 saturated heterocycles. The topological polar surface area (TPSA) is 24.1 Å². The summed E-state index contributed by atoms with van der Waals surface area (Å²) in [6, 6.07) is 3.13. The summed E-state index contributed by atoms with van der Waals surface area (Å²) in [6.45, 7) is 4.62. The fraction of sp³-hybridized carbons (Fsp3) is 1.00. The lowest BCUT2D eigenvalue weighted by molar-refractivity contribution is 0.253. The Balaban J connectivity index is 1.61. The van der Waals surface area contributed by atoms with Gasteiger partial charge in [-0.1, -0.05) is 32.6 Å². The zero-order valence-electron chi connectivity index (χ0n) is 13.1. The summed E-state index contributed by atoms with van der Waals surface area (Å²) in [7, 11) is 0. The minimum atomic E-state index is 0.706. The van der Waals surface area contributed by atoms with Gasteiger partial charge in [-0.2, -0.15) is 0 Å². The third-order valence-corrected chi connectivity index (χ3v) is 5.05. The van der Waals surface area contributed by atoms with Crippen molar-refractivity contribution in [3.05, 3.63) is 0 Å². The molecule has 0 aromatic rings. The van der Waals surface area contributed by atoms with Crippen LogP contribution in [0.3, 0.4) is 0 Å². The molecule has 0 spiro atoms. The molecule has 2 fully saturated rings. The van der Waals surface area contributed by atoms with Crippen LogP contribution in [0.1, 0.15) is 84.5 Å². The molecular formula is C17H34N2. The number of rotatable bonds is 6. The van der Waals surface area contributed by atoms with Crippen LogP contribution in [-0.2, 0) is 0 Å². The molecule has 2 aliphatic carbocycles. The van der Waals surface area contributed by atoms with Gasteiger partial charge in [-0.05, 0) is 51.9 Å². The molecule has 0 radical (unpaired) electrons. The second-order valence-corrected chi connectivity index (χ2v) is 6.91. The predicted octanol–water partition coefficient (Wildman–Crippen LogP) is 4.00. The van der Waals surface area contributed by atoms with Crippen molar-refractivity contribution in [1.82, 2.24) is 10.6 Å². The molecule has 0 heterocycles. The highest BCUT2D eigenvalue weighted by molar-refractivity contribution is 4.85. The molecule has 112 valence electrons. The van der Waals surface area contributed by atoms with Crippen LogP contribution in [0.2, 0.25) is 0 Å². The fourth-order valence-corrected chi connectivity index (χ4v) is 3.95. The first-order valence-electron chi connectivity index (χ1n) is 8.80. The lowest BCUT2D eigenvalue weighted by Crippen LogP contribution is -2.46. The average molecular weight is 266 g/mol. The van der Waals surface area contributed by atoms with Crippen molar-refractivity contribution in [3.63, 3.8) is 0 Å². The standard InChI is InChI=1S/C17H34N2/c1-3-7-14(2)18-16-10-12-17(13-11-16)19-15-8-5-4-6-9-15/h14-19H,3-13H2,1-2H3. The van der Waals surface area contributed by atoms with Crippen LogP contribution >= 0.6 is 0 Å². The number of hydrogen-bond acceptors (Lipinski definition) is 2. The molecule has 2 nitrogen and oxygen atoms in total. The van der Waals surface area contributed by atoms with Crippen LogP contribution in [0, 0.1) is 0 Å². The van der Waals surface area contributed by atoms with E-state index in [0.29, 0.717) is 6.04 Å². The Morgan fingerprint density at radius 3 is 2.05 bits per heavy atom. The highest BCUT2D eigenvalue weighted by Gasteiger charge is 2.24. The molecule has 0 aliphatic heterocycles. The quantitative estimate of drug-likeness (QED) is 0.759. The zero-order chi connectivity index (χ0) is 13.5. The number of hydrogen-bond donors (Lipinski definition) is 2. The van der Waals surface area contributed by atoms with E-state index in [1.54, 1.807) is 0 Å². The van der Waals surface area contributed by atoms with E-state index in [0.717, 1.165) is 18.1 Å². The number of nitrogens with one attached hydrogen (secondary N) is 2. The molecular weight excluding hydrogens is 232 g/mol. The van der Waals surface area contributed by atoms with Crippen LogP contribution in [0.25, 0.3) is 0 Å². The van der Waals surface area contributed by atoms with Crippen LogP contribution in [0.4, 0.5) is 0 Å². The maximum Gasteiger partial charge on any atom is 0.00708 e. The van der Waals surface area contributed by atoms with E-state index >= 15 is 0 Å². The van der Waals surface area contributed by atoms with Gasteiger partial charge in [0.2, 0.25) is 0 Å². The van der Waals surface area contributed by atoms with E-state index in [4.69, 9.17) is 0 Å². The van der Waals surface area contributed by atoms with Crippen molar-refractivity contribution >= 4 is 0 Å². The molecule has 19 heavy (non-hydrogen) atoms. The van der Waals surface area contributed by atoms with Crippen molar-refractivity contribution in [2.45, 2.75) is 109 Å². The maximum atomic E-state index is 3.93. The highest BCUT2D eigenvalue weighted by Crippen LogP contribution is 2.23. The van der Waals surface area contributed by atoms with Gasteiger partial charge < -0.3 is 10.6 Å². The molecule has 2 aliphatic rings. The lowest BCUT2D eigenvalue weighted by atomic mass is 9.88. The third-order valence-electron chi connectivity index (χ3n) is 5.05. The van der Waals surface area contributed by atoms with E-state index in [9.17, 15) is 0 Å². The van der Waals surface area contributed by atoms with E-state index in [-0.39, 0.29) is 0 Å². The van der Waals surface area contributed by atoms with Gasteiger partial charge in [0, 0.05) is 24.2 Å². The largest absolute Gasteiger partial charge is 0.312 e. The molecule has 0 bridgehead atoms. The Kier molecular flexibility index (Phi) is 6.66. The minimum Gasteiger partial charge on any atom is -0.312 e. The van der Waals surface area contributed by atoms with Crippen LogP contribution in [0.15, 0.2) is 0 Å². The molecule has 2 N–H and O–H groups in total. The molecule has 2 heteroatoms. The molecule has 1 unspecified atom stereocenters. The monoisotopic (exact) mass is 266 g/mol. The molecule has 2 rings (SSSR count). The van der Waals surface area contributed by atoms with Gasteiger partial charge >= 0.3 is 0 Å². The summed E-state index contributed by atoms with van der Waals surface area (Å²) in [5, 5.41) is 7.75. The Hall–Kier alpha value is -0.0800. The van der Waals surface area contributed by atoms with Gasteiger partial charge in [0.05, 0.1) is 0 Å². The summed E-state index contributed by atoms with van der Waals surface area (Å²) < 4.78 is 0. The van der Waals surface area contributed by atoms with Gasteiger partial charge in [-0.15, -0.1) is 0 Å². The summed E-state index contributed by atoms with van der Waals surface area (Å²) in [5.41, 5.74) is 0. The van der Waals surface area contributed by atoms with Crippen LogP contribution < -0.4 is 10.6 Å². The average Bonchev–Trinajstić information content (AvgIpc) is 2.42. The lowest BCUT2D eigenvalue weighted by Gasteiger charge is -2.35. The van der Waals surface area contributed by atoms with Gasteiger partial charge in [-0.25, -0.2) is 0 Å². The smallest absolute Gasteiger partial charge is 0.00708 e. The van der Waals surface area contributed by atoms with Gasteiger partial charge in [0.25, 0.3) is 0 Å². The van der Waals surface area contributed by atoms with Crippen LogP contribution in [0.5, 0.6) is 0 Å². The maximum absolute atomic E-state index is 3.93. The molecule has 1 atom stereocenters. The first-order valence-corrected chi connectivity index (χ1v) is 8.80. The SMILES string of the molecule is CCCC(C)NC1CCC(NC2CCCCC2)CC1. The summed E-state index contributed by atoms with van der Waals surface area (Å²) in [5.74, 6) is 0. The van der Waals surface area contributed by atoms with E-state index in [1.807, 2.05) is 0 Å². The van der Waals surface area contributed by atoms with Crippen molar-refractivity contribution < 1.29 is 0 Å². The Morgan fingerprint density at radius 2 is 1.42 bits per heavy atom. The Morgan fingerprint density at radius 1 is 0.842 bits per heavy atom. The molecule has 0 aromatic heterocycles. The molecule has 0 amide bonds.